The standard InChI is InChI=1S/C19H23O5P/c1-12-7-16(24-11-25(21,22)23)8-13(2)17(12)9-14-3-6-19(20)18(10-14)15-4-5-15/h3,6-8,10,15,20H,4-5,9,11H2,1-2H3,(H2,21,22,23). The van der Waals surface area contributed by atoms with Gasteiger partial charge in [0.1, 0.15) is 11.5 Å². The third-order valence-corrected chi connectivity index (χ3v) is 5.02. The van der Waals surface area contributed by atoms with E-state index in [1.54, 1.807) is 18.2 Å². The molecule has 1 fully saturated rings. The van der Waals surface area contributed by atoms with Crippen LogP contribution in [0.15, 0.2) is 30.3 Å². The van der Waals surface area contributed by atoms with Crippen LogP contribution in [-0.4, -0.2) is 21.2 Å². The maximum Gasteiger partial charge on any atom is 0.362 e. The number of aryl methyl sites for hydroxylation is 2. The summed E-state index contributed by atoms with van der Waals surface area (Å²) in [5.41, 5.74) is 5.38. The second-order valence-electron chi connectivity index (χ2n) is 6.82. The lowest BCUT2D eigenvalue weighted by atomic mass is 9.94. The first kappa shape index (κ1) is 18.0. The molecule has 0 radical (unpaired) electrons. The zero-order valence-electron chi connectivity index (χ0n) is 14.4. The number of hydrogen-bond acceptors (Lipinski definition) is 3. The summed E-state index contributed by atoms with van der Waals surface area (Å²) in [4.78, 5) is 17.9. The number of phenols is 1. The highest BCUT2D eigenvalue weighted by atomic mass is 31.2. The highest BCUT2D eigenvalue weighted by molar-refractivity contribution is 7.51. The normalized spacial score (nSPS) is 14.6. The molecular formula is C19H23O5P. The van der Waals surface area contributed by atoms with Crippen LogP contribution in [0, 0.1) is 13.8 Å². The Balaban J connectivity index is 1.81. The predicted octanol–water partition coefficient (Wildman–Crippen LogP) is 3.99. The molecule has 2 aromatic carbocycles. The van der Waals surface area contributed by atoms with Crippen LogP contribution < -0.4 is 4.74 Å². The fraction of sp³-hybridized carbons (Fsp3) is 0.368. The molecule has 0 bridgehead atoms. The summed E-state index contributed by atoms with van der Waals surface area (Å²) < 4.78 is 16.2. The van der Waals surface area contributed by atoms with E-state index >= 15 is 0 Å². The molecule has 5 nitrogen and oxygen atoms in total. The molecule has 6 heteroatoms. The topological polar surface area (TPSA) is 87.0 Å². The minimum Gasteiger partial charge on any atom is -0.508 e. The minimum atomic E-state index is -4.19. The molecule has 25 heavy (non-hydrogen) atoms. The van der Waals surface area contributed by atoms with Gasteiger partial charge in [-0.25, -0.2) is 0 Å². The van der Waals surface area contributed by atoms with E-state index in [4.69, 9.17) is 14.5 Å². The quantitative estimate of drug-likeness (QED) is 0.677. The SMILES string of the molecule is Cc1cc(OCP(=O)(O)O)cc(C)c1Cc1ccc(O)c(C2CC2)c1. The second-order valence-corrected chi connectivity index (χ2v) is 8.41. The van der Waals surface area contributed by atoms with Crippen LogP contribution in [0.3, 0.4) is 0 Å². The van der Waals surface area contributed by atoms with Gasteiger partial charge in [-0.1, -0.05) is 12.1 Å². The number of aromatic hydroxyl groups is 1. The fourth-order valence-electron chi connectivity index (χ4n) is 3.11. The van der Waals surface area contributed by atoms with Gasteiger partial charge in [-0.2, -0.15) is 0 Å². The summed E-state index contributed by atoms with van der Waals surface area (Å²) in [5.74, 6) is 1.33. The van der Waals surface area contributed by atoms with Crippen molar-refractivity contribution >= 4 is 7.60 Å². The van der Waals surface area contributed by atoms with Crippen LogP contribution in [0.4, 0.5) is 0 Å². The zero-order valence-corrected chi connectivity index (χ0v) is 15.3. The maximum atomic E-state index is 11.0. The molecule has 3 N–H and O–H groups in total. The number of rotatable bonds is 6. The van der Waals surface area contributed by atoms with E-state index < -0.39 is 13.9 Å². The lowest BCUT2D eigenvalue weighted by molar-refractivity contribution is 0.300. The Hall–Kier alpha value is -1.81. The number of benzene rings is 2. The lowest BCUT2D eigenvalue weighted by Gasteiger charge is -2.15. The van der Waals surface area contributed by atoms with Crippen molar-refractivity contribution in [2.24, 2.45) is 0 Å². The highest BCUT2D eigenvalue weighted by Gasteiger charge is 2.26. The van der Waals surface area contributed by atoms with Crippen molar-refractivity contribution in [2.75, 3.05) is 6.35 Å². The molecule has 134 valence electrons. The summed E-state index contributed by atoms with van der Waals surface area (Å²) in [7, 11) is -4.19. The van der Waals surface area contributed by atoms with Gasteiger partial charge in [0.2, 0.25) is 0 Å². The molecular weight excluding hydrogens is 339 g/mol. The highest BCUT2D eigenvalue weighted by Crippen LogP contribution is 2.44. The number of hydrogen-bond donors (Lipinski definition) is 3. The Kier molecular flexibility index (Phi) is 4.92. The van der Waals surface area contributed by atoms with Crippen molar-refractivity contribution in [2.45, 2.75) is 39.0 Å². The summed E-state index contributed by atoms with van der Waals surface area (Å²) in [6.07, 6.45) is 2.41. The van der Waals surface area contributed by atoms with E-state index in [9.17, 15) is 9.67 Å². The maximum absolute atomic E-state index is 11.0. The van der Waals surface area contributed by atoms with Gasteiger partial charge in [0.15, 0.2) is 6.35 Å². The lowest BCUT2D eigenvalue weighted by Crippen LogP contribution is -2.01. The van der Waals surface area contributed by atoms with E-state index in [0.29, 0.717) is 17.4 Å². The average molecular weight is 362 g/mol. The molecule has 0 heterocycles. The van der Waals surface area contributed by atoms with Crippen LogP contribution in [0.25, 0.3) is 0 Å². The fourth-order valence-corrected chi connectivity index (χ4v) is 3.43. The van der Waals surface area contributed by atoms with E-state index in [1.165, 1.54) is 0 Å². The third-order valence-electron chi connectivity index (χ3n) is 4.56. The molecule has 1 aliphatic carbocycles. The van der Waals surface area contributed by atoms with Gasteiger partial charge in [-0.05, 0) is 85.0 Å². The number of ether oxygens (including phenoxy) is 1. The Morgan fingerprint density at radius 2 is 1.76 bits per heavy atom. The van der Waals surface area contributed by atoms with Crippen LogP contribution in [-0.2, 0) is 11.0 Å². The third kappa shape index (κ3) is 4.63. The average Bonchev–Trinajstić information content (AvgIpc) is 3.34. The monoisotopic (exact) mass is 362 g/mol. The largest absolute Gasteiger partial charge is 0.508 e. The summed E-state index contributed by atoms with van der Waals surface area (Å²) in [5, 5.41) is 10.0. The van der Waals surface area contributed by atoms with E-state index in [0.717, 1.165) is 47.1 Å². The first-order chi connectivity index (χ1) is 11.7. The van der Waals surface area contributed by atoms with Crippen molar-refractivity contribution in [3.8, 4) is 11.5 Å². The molecule has 3 rings (SSSR count). The molecule has 0 atom stereocenters. The van der Waals surface area contributed by atoms with Gasteiger partial charge in [0.05, 0.1) is 0 Å². The molecule has 0 unspecified atom stereocenters. The van der Waals surface area contributed by atoms with Gasteiger partial charge in [0, 0.05) is 0 Å². The summed E-state index contributed by atoms with van der Waals surface area (Å²) in [6, 6.07) is 9.41. The molecule has 0 amide bonds. The molecule has 2 aromatic rings. The second kappa shape index (κ2) is 6.83. The van der Waals surface area contributed by atoms with E-state index in [1.807, 2.05) is 19.9 Å². The van der Waals surface area contributed by atoms with Crippen LogP contribution in [0.2, 0.25) is 0 Å². The summed E-state index contributed by atoms with van der Waals surface area (Å²) >= 11 is 0. The zero-order chi connectivity index (χ0) is 18.2. The van der Waals surface area contributed by atoms with Crippen molar-refractivity contribution in [3.05, 3.63) is 58.1 Å². The number of phenolic OH excluding ortho intramolecular Hbond substituents is 1. The first-order valence-corrected chi connectivity index (χ1v) is 10.1. The Morgan fingerprint density at radius 3 is 2.32 bits per heavy atom. The minimum absolute atomic E-state index is 0.376. The van der Waals surface area contributed by atoms with Gasteiger partial charge < -0.3 is 19.6 Å². The summed E-state index contributed by atoms with van der Waals surface area (Å²) in [6.45, 7) is 3.93. The van der Waals surface area contributed by atoms with Crippen LogP contribution in [0.1, 0.15) is 46.6 Å². The van der Waals surface area contributed by atoms with Gasteiger partial charge in [-0.3, -0.25) is 4.57 Å². The van der Waals surface area contributed by atoms with Crippen molar-refractivity contribution in [3.63, 3.8) is 0 Å². The van der Waals surface area contributed by atoms with Crippen molar-refractivity contribution in [1.82, 2.24) is 0 Å². The molecule has 1 aliphatic rings. The van der Waals surface area contributed by atoms with E-state index in [-0.39, 0.29) is 0 Å². The predicted molar refractivity (Wildman–Crippen MR) is 96.3 cm³/mol. The first-order valence-electron chi connectivity index (χ1n) is 8.32. The Labute approximate surface area is 147 Å². The molecule has 0 aliphatic heterocycles. The Morgan fingerprint density at radius 1 is 1.12 bits per heavy atom. The van der Waals surface area contributed by atoms with Crippen molar-refractivity contribution in [1.29, 1.82) is 0 Å². The molecule has 1 saturated carbocycles. The van der Waals surface area contributed by atoms with Gasteiger partial charge in [-0.15, -0.1) is 0 Å². The van der Waals surface area contributed by atoms with Crippen LogP contribution in [0.5, 0.6) is 11.5 Å². The smallest absolute Gasteiger partial charge is 0.362 e. The molecule has 0 saturated heterocycles. The van der Waals surface area contributed by atoms with E-state index in [2.05, 4.69) is 6.07 Å². The molecule has 0 aromatic heterocycles. The van der Waals surface area contributed by atoms with Gasteiger partial charge in [0.25, 0.3) is 0 Å². The molecule has 0 spiro atoms. The van der Waals surface area contributed by atoms with Crippen LogP contribution >= 0.6 is 7.60 Å². The van der Waals surface area contributed by atoms with Crippen molar-refractivity contribution < 1.29 is 24.2 Å². The van der Waals surface area contributed by atoms with Gasteiger partial charge >= 0.3 is 7.60 Å². The Bertz CT molecular complexity index is 813.